The second-order valence-electron chi connectivity index (χ2n) is 9.62. The van der Waals surface area contributed by atoms with Gasteiger partial charge < -0.3 is 10.2 Å². The Hall–Kier alpha value is -3.82. The number of urea groups is 1. The number of carbonyl (C=O) groups is 2. The lowest BCUT2D eigenvalue weighted by Crippen LogP contribution is -2.48. The van der Waals surface area contributed by atoms with Crippen LogP contribution in [0.15, 0.2) is 42.5 Å². The Morgan fingerprint density at radius 2 is 1.86 bits per heavy atom. The van der Waals surface area contributed by atoms with E-state index >= 15 is 0 Å². The second-order valence-corrected chi connectivity index (χ2v) is 9.62. The monoisotopic (exact) mass is 505 g/mol. The third-order valence-corrected chi connectivity index (χ3v) is 7.41. The molecule has 0 spiro atoms. The van der Waals surface area contributed by atoms with Gasteiger partial charge in [-0.15, -0.1) is 0 Å². The van der Waals surface area contributed by atoms with Gasteiger partial charge in [0.05, 0.1) is 29.2 Å². The zero-order valence-electron chi connectivity index (χ0n) is 20.6. The molecule has 1 atom stereocenters. The molecule has 3 amide bonds. The number of rotatable bonds is 6. The van der Waals surface area contributed by atoms with Crippen molar-refractivity contribution in [1.29, 1.82) is 10.5 Å². The number of likely N-dealkylation sites (tertiary alicyclic amines) is 2. The van der Waals surface area contributed by atoms with E-state index in [4.69, 9.17) is 0 Å². The number of nitriles is 2. The number of hydrogen-bond acceptors (Lipinski definition) is 5. The van der Waals surface area contributed by atoms with Crippen molar-refractivity contribution >= 4 is 11.9 Å². The zero-order chi connectivity index (χ0) is 26.4. The van der Waals surface area contributed by atoms with Crippen LogP contribution in [0.2, 0.25) is 0 Å². The van der Waals surface area contributed by atoms with Gasteiger partial charge in [-0.25, -0.2) is 13.6 Å². The Morgan fingerprint density at radius 1 is 1.11 bits per heavy atom. The maximum atomic E-state index is 13.8. The predicted molar refractivity (Wildman–Crippen MR) is 132 cm³/mol. The van der Waals surface area contributed by atoms with Gasteiger partial charge in [-0.2, -0.15) is 10.5 Å². The van der Waals surface area contributed by atoms with Crippen LogP contribution in [-0.4, -0.2) is 47.9 Å². The van der Waals surface area contributed by atoms with Crippen LogP contribution in [0.3, 0.4) is 0 Å². The number of hydrogen-bond donors (Lipinski definition) is 1. The number of carbonyl (C=O) groups excluding carboxylic acids is 2. The summed E-state index contributed by atoms with van der Waals surface area (Å²) in [4.78, 5) is 28.8. The fourth-order valence-electron chi connectivity index (χ4n) is 5.34. The summed E-state index contributed by atoms with van der Waals surface area (Å²) in [6.07, 6.45) is 3.19. The van der Waals surface area contributed by atoms with E-state index in [9.17, 15) is 28.9 Å². The highest BCUT2D eigenvalue weighted by atomic mass is 19.2. The summed E-state index contributed by atoms with van der Waals surface area (Å²) >= 11 is 0. The number of halogens is 2. The smallest absolute Gasteiger partial charge is 0.324 e. The predicted octanol–water partition coefficient (Wildman–Crippen LogP) is 4.55. The van der Waals surface area contributed by atoms with Crippen LogP contribution in [0.1, 0.15) is 61.3 Å². The van der Waals surface area contributed by atoms with Gasteiger partial charge in [0.1, 0.15) is 0 Å². The standard InChI is InChI=1S/C28H29F2N5O2/c29-23-10-9-20(17-24(23)30)25-7-3-8-26(36)35(25)27(37)33-13-4-14-34-15-11-28(19-32,12-16-34)22-6-2-1-5-21(22)18-31/h1-2,5-6,9-10,17,25H,3-4,7-8,11-16H2,(H,33,37)/t25-/m1/s1. The molecular formula is C28H29F2N5O2. The fourth-order valence-corrected chi connectivity index (χ4v) is 5.34. The van der Waals surface area contributed by atoms with Crippen molar-refractivity contribution < 1.29 is 18.4 Å². The van der Waals surface area contributed by atoms with E-state index in [0.717, 1.165) is 22.6 Å². The number of nitrogens with one attached hydrogen (secondary N) is 1. The molecule has 2 aliphatic heterocycles. The molecule has 2 aromatic rings. The van der Waals surface area contributed by atoms with Gasteiger partial charge in [-0.05, 0) is 81.1 Å². The third kappa shape index (κ3) is 5.63. The molecule has 37 heavy (non-hydrogen) atoms. The van der Waals surface area contributed by atoms with Gasteiger partial charge in [0.25, 0.3) is 0 Å². The van der Waals surface area contributed by atoms with Crippen LogP contribution in [0.25, 0.3) is 0 Å². The second kappa shape index (κ2) is 11.5. The lowest BCUT2D eigenvalue weighted by atomic mass is 9.72. The summed E-state index contributed by atoms with van der Waals surface area (Å²) < 4.78 is 27.1. The van der Waals surface area contributed by atoms with E-state index in [0.29, 0.717) is 69.4 Å². The van der Waals surface area contributed by atoms with Crippen LogP contribution in [0.5, 0.6) is 0 Å². The fraction of sp³-hybridized carbons (Fsp3) is 0.429. The minimum atomic E-state index is -1.01. The summed E-state index contributed by atoms with van der Waals surface area (Å²) in [7, 11) is 0. The zero-order valence-corrected chi connectivity index (χ0v) is 20.6. The Labute approximate surface area is 215 Å². The van der Waals surface area contributed by atoms with Crippen LogP contribution >= 0.6 is 0 Å². The van der Waals surface area contributed by atoms with Crippen LogP contribution in [-0.2, 0) is 10.2 Å². The molecule has 2 heterocycles. The first-order chi connectivity index (χ1) is 17.9. The topological polar surface area (TPSA) is 100 Å². The Balaban J connectivity index is 1.29. The first kappa shape index (κ1) is 26.2. The SMILES string of the molecule is N#Cc1ccccc1C1(C#N)CCN(CCCNC(=O)N2C(=O)CCC[C@@H]2c2ccc(F)c(F)c2)CC1. The number of imide groups is 1. The van der Waals surface area contributed by atoms with E-state index in [1.165, 1.54) is 6.07 Å². The Bertz CT molecular complexity index is 1240. The molecule has 0 bridgehead atoms. The van der Waals surface area contributed by atoms with Gasteiger partial charge in [-0.3, -0.25) is 9.69 Å². The van der Waals surface area contributed by atoms with Gasteiger partial charge in [-0.1, -0.05) is 24.3 Å². The quantitative estimate of drug-likeness (QED) is 0.581. The average Bonchev–Trinajstić information content (AvgIpc) is 2.92. The van der Waals surface area contributed by atoms with Crippen molar-refractivity contribution in [2.24, 2.45) is 0 Å². The maximum Gasteiger partial charge on any atom is 0.324 e. The van der Waals surface area contributed by atoms with Gasteiger partial charge in [0.2, 0.25) is 5.91 Å². The van der Waals surface area contributed by atoms with Crippen LogP contribution in [0.4, 0.5) is 13.6 Å². The molecule has 2 aromatic carbocycles. The minimum Gasteiger partial charge on any atom is -0.338 e. The minimum absolute atomic E-state index is 0.233. The van der Waals surface area contributed by atoms with E-state index in [1.807, 2.05) is 12.1 Å². The molecule has 2 saturated heterocycles. The highest BCUT2D eigenvalue weighted by Crippen LogP contribution is 2.37. The highest BCUT2D eigenvalue weighted by molar-refractivity contribution is 5.95. The molecule has 2 fully saturated rings. The van der Waals surface area contributed by atoms with Crippen molar-refractivity contribution in [2.45, 2.75) is 50.0 Å². The average molecular weight is 506 g/mol. The van der Waals surface area contributed by atoms with Crippen LogP contribution in [0, 0.1) is 34.3 Å². The molecule has 192 valence electrons. The van der Waals surface area contributed by atoms with Crippen molar-refractivity contribution in [3.63, 3.8) is 0 Å². The van der Waals surface area contributed by atoms with Gasteiger partial charge >= 0.3 is 6.03 Å². The van der Waals surface area contributed by atoms with E-state index in [1.54, 1.807) is 12.1 Å². The molecule has 2 aliphatic rings. The lowest BCUT2D eigenvalue weighted by molar-refractivity contribution is -0.132. The van der Waals surface area contributed by atoms with Crippen molar-refractivity contribution in [1.82, 2.24) is 15.1 Å². The summed E-state index contributed by atoms with van der Waals surface area (Å²) in [6, 6.07) is 14.2. The molecule has 0 saturated carbocycles. The van der Waals surface area contributed by atoms with E-state index in [2.05, 4.69) is 22.4 Å². The summed E-state index contributed by atoms with van der Waals surface area (Å²) in [5.74, 6) is -2.31. The third-order valence-electron chi connectivity index (χ3n) is 7.41. The number of nitrogens with zero attached hydrogens (tertiary/aromatic N) is 4. The van der Waals surface area contributed by atoms with E-state index < -0.39 is 29.1 Å². The van der Waals surface area contributed by atoms with Crippen LogP contribution < -0.4 is 5.32 Å². The number of benzene rings is 2. The Morgan fingerprint density at radius 3 is 2.57 bits per heavy atom. The normalized spacial score (nSPS) is 19.6. The van der Waals surface area contributed by atoms with E-state index in [-0.39, 0.29) is 12.3 Å². The van der Waals surface area contributed by atoms with Crippen molar-refractivity contribution in [2.75, 3.05) is 26.2 Å². The largest absolute Gasteiger partial charge is 0.338 e. The maximum absolute atomic E-state index is 13.8. The molecule has 0 aliphatic carbocycles. The van der Waals surface area contributed by atoms with Gasteiger partial charge in [0, 0.05) is 13.0 Å². The molecule has 0 unspecified atom stereocenters. The number of piperidine rings is 2. The number of amides is 3. The first-order valence-corrected chi connectivity index (χ1v) is 12.6. The molecule has 7 nitrogen and oxygen atoms in total. The molecule has 0 aromatic heterocycles. The lowest BCUT2D eigenvalue weighted by Gasteiger charge is -2.38. The molecule has 1 N–H and O–H groups in total. The summed E-state index contributed by atoms with van der Waals surface area (Å²) in [6.45, 7) is 2.46. The first-order valence-electron chi connectivity index (χ1n) is 12.6. The molecule has 9 heteroatoms. The molecule has 0 radical (unpaired) electrons. The van der Waals surface area contributed by atoms with Gasteiger partial charge in [0.15, 0.2) is 11.6 Å². The highest BCUT2D eigenvalue weighted by Gasteiger charge is 2.38. The van der Waals surface area contributed by atoms with Crippen molar-refractivity contribution in [3.8, 4) is 12.1 Å². The molecule has 4 rings (SSSR count). The van der Waals surface area contributed by atoms with Crippen molar-refractivity contribution in [3.05, 3.63) is 70.8 Å². The Kier molecular flexibility index (Phi) is 8.15. The summed E-state index contributed by atoms with van der Waals surface area (Å²) in [5, 5.41) is 22.2. The molecular weight excluding hydrogens is 476 g/mol. The summed E-state index contributed by atoms with van der Waals surface area (Å²) in [5.41, 5.74) is 1.04.